The van der Waals surface area contributed by atoms with Crippen LogP contribution in [0, 0.1) is 23.7 Å². The summed E-state index contributed by atoms with van der Waals surface area (Å²) < 4.78 is 11.6. The van der Waals surface area contributed by atoms with Gasteiger partial charge in [-0.3, -0.25) is 0 Å². The molecule has 0 aromatic heterocycles. The van der Waals surface area contributed by atoms with E-state index in [4.69, 9.17) is 9.47 Å². The number of esters is 2. The Morgan fingerprint density at radius 1 is 0.710 bits per heavy atom. The molecule has 0 saturated heterocycles. The molecule has 0 N–H and O–H groups in total. The quantitative estimate of drug-likeness (QED) is 0.391. The average molecular weight is 425 g/mol. The van der Waals surface area contributed by atoms with Crippen LogP contribution >= 0.6 is 0 Å². The first-order valence-electron chi connectivity index (χ1n) is 11.3. The molecule has 3 unspecified atom stereocenters. The second-order valence-corrected chi connectivity index (χ2v) is 9.12. The molecule has 0 radical (unpaired) electrons. The van der Waals surface area contributed by atoms with Gasteiger partial charge in [-0.1, -0.05) is 64.1 Å². The largest absolute Gasteiger partial charge is 0.462 e. The highest BCUT2D eigenvalue weighted by atomic mass is 16.5. The highest BCUT2D eigenvalue weighted by Gasteiger charge is 2.32. The highest BCUT2D eigenvalue weighted by molar-refractivity contribution is 5.89. The molecule has 0 saturated carbocycles. The molecule has 3 atom stereocenters. The molecule has 0 bridgehead atoms. The Morgan fingerprint density at radius 3 is 1.68 bits per heavy atom. The molecule has 0 aliphatic heterocycles. The fraction of sp³-hybridized carbons (Fsp3) is 0.481. The summed E-state index contributed by atoms with van der Waals surface area (Å²) in [5.74, 6) is 0.444. The topological polar surface area (TPSA) is 52.6 Å². The third-order valence-corrected chi connectivity index (χ3v) is 5.47. The Morgan fingerprint density at radius 2 is 1.19 bits per heavy atom. The van der Waals surface area contributed by atoms with Gasteiger partial charge in [0.1, 0.15) is 6.10 Å². The maximum Gasteiger partial charge on any atom is 0.338 e. The van der Waals surface area contributed by atoms with Gasteiger partial charge in [0, 0.05) is 5.92 Å². The Hall–Kier alpha value is -2.62. The Balaban J connectivity index is 2.14. The van der Waals surface area contributed by atoms with Crippen molar-refractivity contribution in [1.29, 1.82) is 0 Å². The summed E-state index contributed by atoms with van der Waals surface area (Å²) in [6.07, 6.45) is 1.50. The maximum atomic E-state index is 12.6. The summed E-state index contributed by atoms with van der Waals surface area (Å²) >= 11 is 0. The predicted molar refractivity (Wildman–Crippen MR) is 124 cm³/mol. The monoisotopic (exact) mass is 424 g/mol. The van der Waals surface area contributed by atoms with Gasteiger partial charge in [0.25, 0.3) is 0 Å². The van der Waals surface area contributed by atoms with Crippen LogP contribution in [0.15, 0.2) is 60.7 Å². The van der Waals surface area contributed by atoms with Crippen LogP contribution in [0.1, 0.15) is 68.2 Å². The van der Waals surface area contributed by atoms with Crippen molar-refractivity contribution < 1.29 is 19.1 Å². The molecule has 2 aromatic rings. The van der Waals surface area contributed by atoms with Gasteiger partial charge < -0.3 is 9.47 Å². The van der Waals surface area contributed by atoms with E-state index in [2.05, 4.69) is 27.7 Å². The molecule has 2 aromatic carbocycles. The van der Waals surface area contributed by atoms with Crippen LogP contribution in [-0.4, -0.2) is 24.6 Å². The first-order chi connectivity index (χ1) is 14.8. The maximum absolute atomic E-state index is 12.6. The lowest BCUT2D eigenvalue weighted by Crippen LogP contribution is -2.35. The van der Waals surface area contributed by atoms with Gasteiger partial charge in [0.2, 0.25) is 0 Å². The molecule has 31 heavy (non-hydrogen) atoms. The molecule has 0 fully saturated rings. The van der Waals surface area contributed by atoms with Gasteiger partial charge in [-0.25, -0.2) is 9.59 Å². The van der Waals surface area contributed by atoms with E-state index in [1.165, 1.54) is 0 Å². The van der Waals surface area contributed by atoms with Crippen LogP contribution in [0.2, 0.25) is 0 Å². The van der Waals surface area contributed by atoms with Crippen LogP contribution in [0.4, 0.5) is 0 Å². The van der Waals surface area contributed by atoms with Crippen LogP contribution in [-0.2, 0) is 9.47 Å². The predicted octanol–water partition coefficient (Wildman–Crippen LogP) is 6.41. The zero-order valence-corrected chi connectivity index (χ0v) is 19.4. The second-order valence-electron chi connectivity index (χ2n) is 9.12. The van der Waals surface area contributed by atoms with Crippen molar-refractivity contribution in [2.24, 2.45) is 23.7 Å². The van der Waals surface area contributed by atoms with Crippen molar-refractivity contribution >= 4 is 11.9 Å². The van der Waals surface area contributed by atoms with E-state index in [-0.39, 0.29) is 29.9 Å². The second kappa shape index (κ2) is 12.3. The molecule has 168 valence electrons. The summed E-state index contributed by atoms with van der Waals surface area (Å²) in [7, 11) is 0. The van der Waals surface area contributed by atoms with E-state index in [1.807, 2.05) is 43.3 Å². The molecule has 0 spiro atoms. The number of benzene rings is 2. The summed E-state index contributed by atoms with van der Waals surface area (Å²) in [6, 6.07) is 18.1. The fourth-order valence-corrected chi connectivity index (χ4v) is 4.02. The molecule has 2 rings (SSSR count). The normalized spacial score (nSPS) is 14.2. The molecular formula is C27H36O4. The van der Waals surface area contributed by atoms with Crippen molar-refractivity contribution in [1.82, 2.24) is 0 Å². The zero-order valence-electron chi connectivity index (χ0n) is 19.4. The SMILES string of the molecule is CC(C)CC(COC(=O)c1ccccc1)C(CC(C)C)C(C)OC(=O)c1ccccc1. The third kappa shape index (κ3) is 8.20. The number of ether oxygens (including phenoxy) is 2. The molecule has 0 aliphatic rings. The first-order valence-corrected chi connectivity index (χ1v) is 11.3. The lowest BCUT2D eigenvalue weighted by atomic mass is 9.78. The van der Waals surface area contributed by atoms with Crippen molar-refractivity contribution in [3.8, 4) is 0 Å². The number of carbonyl (C=O) groups is 2. The first kappa shape index (κ1) is 24.6. The Labute approximate surface area is 187 Å². The van der Waals surface area contributed by atoms with Crippen molar-refractivity contribution in [3.63, 3.8) is 0 Å². The minimum atomic E-state index is -0.313. The van der Waals surface area contributed by atoms with Gasteiger partial charge in [0.05, 0.1) is 17.7 Å². The van der Waals surface area contributed by atoms with Crippen LogP contribution in [0.5, 0.6) is 0 Å². The van der Waals surface area contributed by atoms with E-state index in [9.17, 15) is 9.59 Å². The van der Waals surface area contributed by atoms with E-state index in [1.54, 1.807) is 24.3 Å². The lowest BCUT2D eigenvalue weighted by Gasteiger charge is -2.33. The third-order valence-electron chi connectivity index (χ3n) is 5.47. The average Bonchev–Trinajstić information content (AvgIpc) is 2.75. The van der Waals surface area contributed by atoms with Crippen molar-refractivity contribution in [2.75, 3.05) is 6.61 Å². The van der Waals surface area contributed by atoms with Gasteiger partial charge in [-0.15, -0.1) is 0 Å². The van der Waals surface area contributed by atoms with Gasteiger partial charge >= 0.3 is 11.9 Å². The summed E-state index contributed by atoms with van der Waals surface area (Å²) in [4.78, 5) is 25.1. The summed E-state index contributed by atoms with van der Waals surface area (Å²) in [6.45, 7) is 10.9. The number of carbonyl (C=O) groups excluding carboxylic acids is 2. The van der Waals surface area contributed by atoms with Crippen molar-refractivity contribution in [2.45, 2.75) is 53.6 Å². The number of hydrogen-bond acceptors (Lipinski definition) is 4. The van der Waals surface area contributed by atoms with E-state index in [0.717, 1.165) is 12.8 Å². The molecular weight excluding hydrogens is 388 g/mol. The van der Waals surface area contributed by atoms with Crippen molar-refractivity contribution in [3.05, 3.63) is 71.8 Å². The fourth-order valence-electron chi connectivity index (χ4n) is 4.02. The Kier molecular flexibility index (Phi) is 9.77. The zero-order chi connectivity index (χ0) is 22.8. The van der Waals surface area contributed by atoms with E-state index < -0.39 is 0 Å². The van der Waals surface area contributed by atoms with E-state index >= 15 is 0 Å². The lowest BCUT2D eigenvalue weighted by molar-refractivity contribution is -0.0117. The number of hydrogen-bond donors (Lipinski definition) is 0. The molecule has 0 aliphatic carbocycles. The standard InChI is InChI=1S/C27H36O4/c1-19(2)16-24(18-30-26(28)22-12-8-6-9-13-22)25(17-20(3)4)21(5)31-27(29)23-14-10-7-11-15-23/h6-15,19-21,24-25H,16-18H2,1-5H3. The minimum absolute atomic E-state index is 0.0960. The molecule has 4 nitrogen and oxygen atoms in total. The van der Waals surface area contributed by atoms with Gasteiger partial charge in [-0.05, 0) is 61.8 Å². The van der Waals surface area contributed by atoms with Crippen LogP contribution in [0.3, 0.4) is 0 Å². The molecule has 0 heterocycles. The van der Waals surface area contributed by atoms with Crippen LogP contribution in [0.25, 0.3) is 0 Å². The number of rotatable bonds is 11. The van der Waals surface area contributed by atoms with E-state index in [0.29, 0.717) is 29.6 Å². The molecule has 4 heteroatoms. The summed E-state index contributed by atoms with van der Waals surface area (Å²) in [5, 5.41) is 0. The van der Waals surface area contributed by atoms with Gasteiger partial charge in [0.15, 0.2) is 0 Å². The highest BCUT2D eigenvalue weighted by Crippen LogP contribution is 2.31. The smallest absolute Gasteiger partial charge is 0.338 e. The Bertz CT molecular complexity index is 799. The van der Waals surface area contributed by atoms with Gasteiger partial charge in [-0.2, -0.15) is 0 Å². The molecule has 0 amide bonds. The van der Waals surface area contributed by atoms with Crippen LogP contribution < -0.4 is 0 Å². The minimum Gasteiger partial charge on any atom is -0.462 e. The summed E-state index contributed by atoms with van der Waals surface area (Å²) in [5.41, 5.74) is 1.10.